The Morgan fingerprint density at radius 1 is 1.53 bits per heavy atom. The molecule has 1 aromatic rings. The normalized spacial score (nSPS) is 10.6. The zero-order valence-corrected chi connectivity index (χ0v) is 8.88. The van der Waals surface area contributed by atoms with Crippen molar-refractivity contribution in [2.24, 2.45) is 0 Å². The molecule has 3 heteroatoms. The Hall–Kier alpha value is -1.64. The van der Waals surface area contributed by atoms with Gasteiger partial charge < -0.3 is 5.32 Å². The fraction of sp³-hybridized carbons (Fsp3) is 0.250. The summed E-state index contributed by atoms with van der Waals surface area (Å²) in [6.45, 7) is 3.71. The van der Waals surface area contributed by atoms with E-state index in [9.17, 15) is 9.18 Å². The van der Waals surface area contributed by atoms with E-state index in [1.54, 1.807) is 25.1 Å². The number of anilines is 1. The Kier molecular flexibility index (Phi) is 4.03. The lowest BCUT2D eigenvalue weighted by Gasteiger charge is -2.05. The Morgan fingerprint density at radius 3 is 2.87 bits per heavy atom. The Bertz CT molecular complexity index is 385. The van der Waals surface area contributed by atoms with Crippen LogP contribution in [-0.4, -0.2) is 5.91 Å². The molecule has 0 radical (unpaired) electrons. The molecule has 0 unspecified atom stereocenters. The first-order valence-corrected chi connectivity index (χ1v) is 4.89. The van der Waals surface area contributed by atoms with Crippen molar-refractivity contribution < 1.29 is 9.18 Å². The molecule has 0 heterocycles. The second kappa shape index (κ2) is 5.29. The summed E-state index contributed by atoms with van der Waals surface area (Å²) in [5.74, 6) is -0.727. The van der Waals surface area contributed by atoms with E-state index in [1.807, 2.05) is 6.92 Å². The average molecular weight is 207 g/mol. The lowest BCUT2D eigenvalue weighted by atomic mass is 10.1. The van der Waals surface area contributed by atoms with Gasteiger partial charge in [0.05, 0.1) is 5.69 Å². The van der Waals surface area contributed by atoms with Crippen molar-refractivity contribution >= 4 is 11.6 Å². The van der Waals surface area contributed by atoms with E-state index in [0.29, 0.717) is 0 Å². The zero-order valence-electron chi connectivity index (χ0n) is 8.88. The molecule has 0 aliphatic heterocycles. The highest BCUT2D eigenvalue weighted by Crippen LogP contribution is 2.16. The summed E-state index contributed by atoms with van der Waals surface area (Å²) < 4.78 is 13.3. The van der Waals surface area contributed by atoms with Gasteiger partial charge in [-0.25, -0.2) is 4.39 Å². The first kappa shape index (κ1) is 11.4. The second-order valence-corrected chi connectivity index (χ2v) is 3.16. The van der Waals surface area contributed by atoms with Crippen LogP contribution in [0.15, 0.2) is 30.4 Å². The van der Waals surface area contributed by atoms with Crippen LogP contribution in [0.4, 0.5) is 10.1 Å². The number of hydrogen-bond acceptors (Lipinski definition) is 1. The molecule has 0 saturated heterocycles. The molecule has 80 valence electrons. The number of aryl methyl sites for hydroxylation is 1. The first-order valence-electron chi connectivity index (χ1n) is 4.89. The van der Waals surface area contributed by atoms with Crippen LogP contribution in [0.25, 0.3) is 0 Å². The summed E-state index contributed by atoms with van der Waals surface area (Å²) in [5.41, 5.74) is 1.23. The molecular formula is C12H14FNO. The van der Waals surface area contributed by atoms with Gasteiger partial charge in [0.15, 0.2) is 0 Å². The fourth-order valence-electron chi connectivity index (χ4n) is 1.21. The first-order chi connectivity index (χ1) is 7.17. The van der Waals surface area contributed by atoms with E-state index in [4.69, 9.17) is 0 Å². The average Bonchev–Trinajstić information content (AvgIpc) is 2.21. The quantitative estimate of drug-likeness (QED) is 0.758. The van der Waals surface area contributed by atoms with E-state index < -0.39 is 5.82 Å². The van der Waals surface area contributed by atoms with Crippen LogP contribution in [0.5, 0.6) is 0 Å². The minimum absolute atomic E-state index is 0.234. The Balaban J connectivity index is 2.88. The second-order valence-electron chi connectivity index (χ2n) is 3.16. The van der Waals surface area contributed by atoms with Gasteiger partial charge in [0.25, 0.3) is 0 Å². The van der Waals surface area contributed by atoms with Crippen molar-refractivity contribution in [2.75, 3.05) is 5.32 Å². The fourth-order valence-corrected chi connectivity index (χ4v) is 1.21. The van der Waals surface area contributed by atoms with E-state index in [-0.39, 0.29) is 11.6 Å². The number of rotatable bonds is 3. The third-order valence-corrected chi connectivity index (χ3v) is 2.01. The molecule has 0 aliphatic rings. The van der Waals surface area contributed by atoms with Crippen molar-refractivity contribution in [3.05, 3.63) is 41.7 Å². The van der Waals surface area contributed by atoms with Crippen LogP contribution in [0, 0.1) is 5.82 Å². The van der Waals surface area contributed by atoms with Crippen molar-refractivity contribution in [1.82, 2.24) is 0 Å². The van der Waals surface area contributed by atoms with Gasteiger partial charge in [-0.2, -0.15) is 0 Å². The molecule has 0 atom stereocenters. The lowest BCUT2D eigenvalue weighted by molar-refractivity contribution is -0.111. The summed E-state index contributed by atoms with van der Waals surface area (Å²) in [5, 5.41) is 2.49. The van der Waals surface area contributed by atoms with Gasteiger partial charge >= 0.3 is 0 Å². The van der Waals surface area contributed by atoms with E-state index in [1.165, 1.54) is 12.1 Å². The molecule has 1 amide bonds. The standard InChI is InChI=1S/C12H14FNO/c1-3-5-12(15)14-11-8-9(4-2)6-7-10(11)13/h3,5-8H,4H2,1-2H3,(H,14,15). The molecule has 1 rings (SSSR count). The van der Waals surface area contributed by atoms with Gasteiger partial charge in [-0.1, -0.05) is 19.1 Å². The minimum Gasteiger partial charge on any atom is -0.320 e. The highest BCUT2D eigenvalue weighted by Gasteiger charge is 2.04. The Labute approximate surface area is 88.8 Å². The van der Waals surface area contributed by atoms with Gasteiger partial charge in [0.1, 0.15) is 5.82 Å². The van der Waals surface area contributed by atoms with Gasteiger partial charge in [-0.15, -0.1) is 0 Å². The summed E-state index contributed by atoms with van der Waals surface area (Å²) in [7, 11) is 0. The lowest BCUT2D eigenvalue weighted by Crippen LogP contribution is -2.09. The van der Waals surface area contributed by atoms with Crippen molar-refractivity contribution in [1.29, 1.82) is 0 Å². The van der Waals surface area contributed by atoms with Crippen molar-refractivity contribution in [2.45, 2.75) is 20.3 Å². The molecular weight excluding hydrogens is 193 g/mol. The number of nitrogens with one attached hydrogen (secondary N) is 1. The van der Waals surface area contributed by atoms with Crippen LogP contribution in [-0.2, 0) is 11.2 Å². The van der Waals surface area contributed by atoms with E-state index in [0.717, 1.165) is 12.0 Å². The molecule has 15 heavy (non-hydrogen) atoms. The van der Waals surface area contributed by atoms with Crippen LogP contribution in [0.1, 0.15) is 19.4 Å². The maximum atomic E-state index is 13.3. The van der Waals surface area contributed by atoms with Gasteiger partial charge in [-0.05, 0) is 37.1 Å². The smallest absolute Gasteiger partial charge is 0.248 e. The third kappa shape index (κ3) is 3.20. The third-order valence-electron chi connectivity index (χ3n) is 2.01. The number of carbonyl (C=O) groups excluding carboxylic acids is 1. The summed E-state index contributed by atoms with van der Waals surface area (Å²) in [6.07, 6.45) is 3.78. The molecule has 1 aromatic carbocycles. The predicted molar refractivity (Wildman–Crippen MR) is 59.2 cm³/mol. The largest absolute Gasteiger partial charge is 0.320 e. The molecule has 1 N–H and O–H groups in total. The van der Waals surface area contributed by atoms with Crippen LogP contribution in [0.2, 0.25) is 0 Å². The number of allylic oxidation sites excluding steroid dienone is 1. The van der Waals surface area contributed by atoms with Gasteiger partial charge in [0, 0.05) is 0 Å². The molecule has 0 aliphatic carbocycles. The van der Waals surface area contributed by atoms with Gasteiger partial charge in [0.2, 0.25) is 5.91 Å². The molecule has 0 fully saturated rings. The van der Waals surface area contributed by atoms with Crippen molar-refractivity contribution in [3.63, 3.8) is 0 Å². The minimum atomic E-state index is -0.412. The highest BCUT2D eigenvalue weighted by molar-refractivity contribution is 5.99. The molecule has 0 saturated carbocycles. The topological polar surface area (TPSA) is 29.1 Å². The summed E-state index contributed by atoms with van der Waals surface area (Å²) >= 11 is 0. The number of carbonyl (C=O) groups is 1. The highest BCUT2D eigenvalue weighted by atomic mass is 19.1. The van der Waals surface area contributed by atoms with E-state index >= 15 is 0 Å². The number of benzene rings is 1. The maximum absolute atomic E-state index is 13.3. The summed E-state index contributed by atoms with van der Waals surface area (Å²) in [6, 6.07) is 4.72. The monoisotopic (exact) mass is 207 g/mol. The van der Waals surface area contributed by atoms with Gasteiger partial charge in [-0.3, -0.25) is 4.79 Å². The predicted octanol–water partition coefficient (Wildman–Crippen LogP) is 2.90. The number of hydrogen-bond donors (Lipinski definition) is 1. The van der Waals surface area contributed by atoms with Crippen LogP contribution in [0.3, 0.4) is 0 Å². The maximum Gasteiger partial charge on any atom is 0.248 e. The van der Waals surface area contributed by atoms with Crippen molar-refractivity contribution in [3.8, 4) is 0 Å². The molecule has 0 bridgehead atoms. The summed E-state index contributed by atoms with van der Waals surface area (Å²) in [4.78, 5) is 11.2. The number of amides is 1. The molecule has 0 aromatic heterocycles. The molecule has 2 nitrogen and oxygen atoms in total. The molecule has 0 spiro atoms. The zero-order chi connectivity index (χ0) is 11.3. The van der Waals surface area contributed by atoms with Crippen LogP contribution >= 0.6 is 0 Å². The number of halogens is 1. The SMILES string of the molecule is CC=CC(=O)Nc1cc(CC)ccc1F. The Morgan fingerprint density at radius 2 is 2.27 bits per heavy atom. The van der Waals surface area contributed by atoms with Crippen LogP contribution < -0.4 is 5.32 Å². The van der Waals surface area contributed by atoms with E-state index in [2.05, 4.69) is 5.32 Å².